The van der Waals surface area contributed by atoms with Crippen LogP contribution in [0.25, 0.3) is 0 Å². The fourth-order valence-electron chi connectivity index (χ4n) is 2.03. The van der Waals surface area contributed by atoms with E-state index < -0.39 is 17.3 Å². The Morgan fingerprint density at radius 1 is 1.45 bits per heavy atom. The van der Waals surface area contributed by atoms with Crippen LogP contribution >= 0.6 is 0 Å². The standard InChI is InChI=1S/C14H20N2O4/c1-13(2,3)20-12(18)16-8-14(19,9-16)11-6-4-5-10(7-17)15-11/h4-6,17,19H,7-9H2,1-3H3. The molecule has 0 aromatic carbocycles. The van der Waals surface area contributed by atoms with Crippen LogP contribution in [0.15, 0.2) is 18.2 Å². The topological polar surface area (TPSA) is 82.9 Å². The van der Waals surface area contributed by atoms with E-state index in [1.54, 1.807) is 39.0 Å². The average Bonchev–Trinajstić information content (AvgIpc) is 2.33. The molecular formula is C14H20N2O4. The number of hydrogen-bond donors (Lipinski definition) is 2. The monoisotopic (exact) mass is 280 g/mol. The van der Waals surface area contributed by atoms with Crippen molar-refractivity contribution in [2.45, 2.75) is 38.6 Å². The van der Waals surface area contributed by atoms with Crippen LogP contribution in [0.1, 0.15) is 32.2 Å². The maximum absolute atomic E-state index is 11.8. The van der Waals surface area contributed by atoms with E-state index in [4.69, 9.17) is 9.84 Å². The summed E-state index contributed by atoms with van der Waals surface area (Å²) in [6.45, 7) is 5.49. The molecule has 1 aliphatic heterocycles. The number of carbonyl (C=O) groups is 1. The molecule has 2 rings (SSSR count). The van der Waals surface area contributed by atoms with Crippen LogP contribution in [-0.4, -0.2) is 44.9 Å². The molecule has 0 radical (unpaired) electrons. The van der Waals surface area contributed by atoms with E-state index in [9.17, 15) is 9.90 Å². The number of pyridine rings is 1. The van der Waals surface area contributed by atoms with Gasteiger partial charge < -0.3 is 19.8 Å². The van der Waals surface area contributed by atoms with Gasteiger partial charge in [0.1, 0.15) is 11.2 Å². The normalized spacial score (nSPS) is 17.6. The SMILES string of the molecule is CC(C)(C)OC(=O)N1CC(O)(c2cccc(CO)n2)C1. The minimum atomic E-state index is -1.16. The Balaban J connectivity index is 2.01. The number of β-amino-alcohol motifs (C(OH)–C–C–N with tert-alkyl or cyclic N) is 1. The van der Waals surface area contributed by atoms with E-state index in [1.807, 2.05) is 0 Å². The highest BCUT2D eigenvalue weighted by molar-refractivity contribution is 5.69. The van der Waals surface area contributed by atoms with Crippen LogP contribution in [-0.2, 0) is 16.9 Å². The van der Waals surface area contributed by atoms with Gasteiger partial charge in [0.25, 0.3) is 0 Å². The fourth-order valence-corrected chi connectivity index (χ4v) is 2.03. The maximum Gasteiger partial charge on any atom is 0.410 e. The van der Waals surface area contributed by atoms with E-state index >= 15 is 0 Å². The lowest BCUT2D eigenvalue weighted by Crippen LogP contribution is -2.62. The van der Waals surface area contributed by atoms with Gasteiger partial charge in [-0.2, -0.15) is 0 Å². The third kappa shape index (κ3) is 3.08. The molecule has 0 unspecified atom stereocenters. The molecule has 6 nitrogen and oxygen atoms in total. The molecule has 0 bridgehead atoms. The molecule has 1 saturated heterocycles. The summed E-state index contributed by atoms with van der Waals surface area (Å²) in [5.41, 5.74) is -0.766. The van der Waals surface area contributed by atoms with Gasteiger partial charge in [-0.15, -0.1) is 0 Å². The molecule has 1 amide bonds. The molecule has 0 atom stereocenters. The van der Waals surface area contributed by atoms with Crippen LogP contribution in [0.4, 0.5) is 4.79 Å². The predicted molar refractivity (Wildman–Crippen MR) is 71.9 cm³/mol. The van der Waals surface area contributed by atoms with E-state index in [1.165, 1.54) is 4.90 Å². The van der Waals surface area contributed by atoms with Gasteiger partial charge in [0.05, 0.1) is 31.1 Å². The Labute approximate surface area is 118 Å². The number of aromatic nitrogens is 1. The Bertz CT molecular complexity index is 504. The number of likely N-dealkylation sites (tertiary alicyclic amines) is 1. The van der Waals surface area contributed by atoms with Crippen LogP contribution in [0, 0.1) is 0 Å². The van der Waals surface area contributed by atoms with Gasteiger partial charge in [0, 0.05) is 0 Å². The van der Waals surface area contributed by atoms with Gasteiger partial charge in [-0.05, 0) is 32.9 Å². The van der Waals surface area contributed by atoms with Crippen molar-refractivity contribution in [3.05, 3.63) is 29.6 Å². The van der Waals surface area contributed by atoms with Crippen LogP contribution in [0.5, 0.6) is 0 Å². The fraction of sp³-hybridized carbons (Fsp3) is 0.571. The summed E-state index contributed by atoms with van der Waals surface area (Å²) >= 11 is 0. The minimum Gasteiger partial charge on any atom is -0.444 e. The number of aliphatic hydroxyl groups is 2. The van der Waals surface area contributed by atoms with Crippen LogP contribution in [0.3, 0.4) is 0 Å². The first-order chi connectivity index (χ1) is 9.23. The Hall–Kier alpha value is -1.66. The van der Waals surface area contributed by atoms with Gasteiger partial charge in [-0.1, -0.05) is 6.07 Å². The Morgan fingerprint density at radius 2 is 2.10 bits per heavy atom. The molecule has 2 heterocycles. The van der Waals surface area contributed by atoms with Crippen LogP contribution in [0.2, 0.25) is 0 Å². The number of carbonyl (C=O) groups excluding carboxylic acids is 1. The smallest absolute Gasteiger partial charge is 0.410 e. The first-order valence-corrected chi connectivity index (χ1v) is 6.51. The lowest BCUT2D eigenvalue weighted by Gasteiger charge is -2.45. The van der Waals surface area contributed by atoms with E-state index in [-0.39, 0.29) is 19.7 Å². The summed E-state index contributed by atoms with van der Waals surface area (Å²) in [5.74, 6) is 0. The van der Waals surface area contributed by atoms with Crippen LogP contribution < -0.4 is 0 Å². The van der Waals surface area contributed by atoms with Gasteiger partial charge in [0.15, 0.2) is 0 Å². The van der Waals surface area contributed by atoms with Gasteiger partial charge in [-0.3, -0.25) is 4.98 Å². The van der Waals surface area contributed by atoms with Crippen molar-refractivity contribution in [3.8, 4) is 0 Å². The van der Waals surface area contributed by atoms with Gasteiger partial charge >= 0.3 is 6.09 Å². The molecule has 0 spiro atoms. The lowest BCUT2D eigenvalue weighted by atomic mass is 9.90. The number of hydrogen-bond acceptors (Lipinski definition) is 5. The lowest BCUT2D eigenvalue weighted by molar-refractivity contribution is -0.106. The largest absolute Gasteiger partial charge is 0.444 e. The second-order valence-corrected chi connectivity index (χ2v) is 6.04. The minimum absolute atomic E-state index is 0.143. The first kappa shape index (κ1) is 14.7. The highest BCUT2D eigenvalue weighted by atomic mass is 16.6. The second kappa shape index (κ2) is 5.03. The Morgan fingerprint density at radius 3 is 2.65 bits per heavy atom. The van der Waals surface area contributed by atoms with E-state index in [2.05, 4.69) is 4.98 Å². The average molecular weight is 280 g/mol. The van der Waals surface area contributed by atoms with Crippen molar-refractivity contribution in [1.29, 1.82) is 0 Å². The molecule has 0 aliphatic carbocycles. The molecule has 110 valence electrons. The molecule has 20 heavy (non-hydrogen) atoms. The first-order valence-electron chi connectivity index (χ1n) is 6.51. The summed E-state index contributed by atoms with van der Waals surface area (Å²) in [5, 5.41) is 19.5. The third-order valence-electron chi connectivity index (χ3n) is 3.00. The number of rotatable bonds is 2. The van der Waals surface area contributed by atoms with Crippen molar-refractivity contribution in [3.63, 3.8) is 0 Å². The number of aliphatic hydroxyl groups excluding tert-OH is 1. The highest BCUT2D eigenvalue weighted by Gasteiger charge is 2.47. The number of amides is 1. The third-order valence-corrected chi connectivity index (χ3v) is 3.00. The summed E-state index contributed by atoms with van der Waals surface area (Å²) < 4.78 is 5.23. The highest BCUT2D eigenvalue weighted by Crippen LogP contribution is 2.31. The van der Waals surface area contributed by atoms with Crippen molar-refractivity contribution >= 4 is 6.09 Å². The van der Waals surface area contributed by atoms with Crippen molar-refractivity contribution < 1.29 is 19.7 Å². The molecule has 1 aromatic heterocycles. The zero-order valence-electron chi connectivity index (χ0n) is 12.0. The summed E-state index contributed by atoms with van der Waals surface area (Å²) in [7, 11) is 0. The molecule has 0 saturated carbocycles. The van der Waals surface area contributed by atoms with Crippen molar-refractivity contribution in [2.75, 3.05) is 13.1 Å². The van der Waals surface area contributed by atoms with Gasteiger partial charge in [0.2, 0.25) is 0 Å². The molecule has 1 aromatic rings. The molecule has 2 N–H and O–H groups in total. The molecular weight excluding hydrogens is 260 g/mol. The summed E-state index contributed by atoms with van der Waals surface area (Å²) in [4.78, 5) is 17.4. The van der Waals surface area contributed by atoms with E-state index in [0.29, 0.717) is 11.4 Å². The van der Waals surface area contributed by atoms with Crippen molar-refractivity contribution in [2.24, 2.45) is 0 Å². The molecule has 1 fully saturated rings. The zero-order chi connectivity index (χ0) is 15.0. The zero-order valence-corrected chi connectivity index (χ0v) is 12.0. The molecule has 6 heteroatoms. The maximum atomic E-state index is 11.8. The number of ether oxygens (including phenoxy) is 1. The quantitative estimate of drug-likeness (QED) is 0.845. The van der Waals surface area contributed by atoms with E-state index in [0.717, 1.165) is 0 Å². The molecule has 1 aliphatic rings. The Kier molecular flexibility index (Phi) is 3.71. The predicted octanol–water partition coefficient (Wildman–Crippen LogP) is 1.01. The number of nitrogens with zero attached hydrogens (tertiary/aromatic N) is 2. The van der Waals surface area contributed by atoms with Gasteiger partial charge in [-0.25, -0.2) is 4.79 Å². The van der Waals surface area contributed by atoms with Crippen molar-refractivity contribution in [1.82, 2.24) is 9.88 Å². The summed E-state index contributed by atoms with van der Waals surface area (Å²) in [6, 6.07) is 5.09. The summed E-state index contributed by atoms with van der Waals surface area (Å²) in [6.07, 6.45) is -0.444. The second-order valence-electron chi connectivity index (χ2n) is 6.04.